The predicted molar refractivity (Wildman–Crippen MR) is 94.9 cm³/mol. The van der Waals surface area contributed by atoms with Gasteiger partial charge in [-0.05, 0) is 39.3 Å². The molecule has 0 aliphatic rings. The molecule has 2 aromatic heterocycles. The summed E-state index contributed by atoms with van der Waals surface area (Å²) in [5.74, 6) is 1.08. The molecule has 0 atom stereocenters. The zero-order valence-electron chi connectivity index (χ0n) is 14.0. The smallest absolute Gasteiger partial charge is 0.250 e. The van der Waals surface area contributed by atoms with Gasteiger partial charge in [0.2, 0.25) is 16.8 Å². The highest BCUT2D eigenvalue weighted by molar-refractivity contribution is 7.17. The summed E-state index contributed by atoms with van der Waals surface area (Å²) in [5.41, 5.74) is 2.24. The second-order valence-electron chi connectivity index (χ2n) is 5.69. The van der Waals surface area contributed by atoms with Crippen LogP contribution in [0.1, 0.15) is 29.0 Å². The van der Waals surface area contributed by atoms with E-state index in [4.69, 9.17) is 4.74 Å². The average molecular weight is 344 g/mol. The van der Waals surface area contributed by atoms with Crippen molar-refractivity contribution in [1.82, 2.24) is 14.6 Å². The van der Waals surface area contributed by atoms with Crippen molar-refractivity contribution in [2.45, 2.75) is 33.6 Å². The van der Waals surface area contributed by atoms with E-state index in [1.807, 2.05) is 45.0 Å². The van der Waals surface area contributed by atoms with Gasteiger partial charge < -0.3 is 4.74 Å². The SMILES string of the molecule is Cc1ccc(OCCCC(=O)Nc2nc3sc(C)c(C)n3n2)cc1. The molecule has 0 spiro atoms. The van der Waals surface area contributed by atoms with E-state index in [2.05, 4.69) is 15.4 Å². The molecule has 0 saturated carbocycles. The molecule has 1 N–H and O–H groups in total. The monoisotopic (exact) mass is 344 g/mol. The van der Waals surface area contributed by atoms with Crippen LogP contribution in [0.2, 0.25) is 0 Å². The van der Waals surface area contributed by atoms with Gasteiger partial charge >= 0.3 is 0 Å². The summed E-state index contributed by atoms with van der Waals surface area (Å²) < 4.78 is 7.37. The first kappa shape index (κ1) is 16.4. The van der Waals surface area contributed by atoms with Crippen LogP contribution >= 0.6 is 11.3 Å². The van der Waals surface area contributed by atoms with Gasteiger partial charge in [0, 0.05) is 11.3 Å². The average Bonchev–Trinajstić information content (AvgIpc) is 3.05. The number of amides is 1. The molecule has 3 aromatic rings. The second kappa shape index (κ2) is 7.00. The maximum absolute atomic E-state index is 12.0. The van der Waals surface area contributed by atoms with Crippen LogP contribution < -0.4 is 10.1 Å². The Bertz CT molecular complexity index is 851. The van der Waals surface area contributed by atoms with Crippen LogP contribution in [-0.2, 0) is 4.79 Å². The lowest BCUT2D eigenvalue weighted by Gasteiger charge is -2.06. The molecule has 1 amide bonds. The number of ether oxygens (including phenoxy) is 1. The highest BCUT2D eigenvalue weighted by Crippen LogP contribution is 2.21. The van der Waals surface area contributed by atoms with Gasteiger partial charge in [-0.3, -0.25) is 10.1 Å². The molecule has 0 unspecified atom stereocenters. The molecule has 0 radical (unpaired) electrons. The maximum Gasteiger partial charge on any atom is 0.250 e. The Morgan fingerprint density at radius 1 is 1.25 bits per heavy atom. The lowest BCUT2D eigenvalue weighted by molar-refractivity contribution is -0.116. The maximum atomic E-state index is 12.0. The zero-order chi connectivity index (χ0) is 17.1. The van der Waals surface area contributed by atoms with E-state index in [9.17, 15) is 4.79 Å². The largest absolute Gasteiger partial charge is 0.494 e. The number of hydrogen-bond acceptors (Lipinski definition) is 5. The van der Waals surface area contributed by atoms with E-state index >= 15 is 0 Å². The van der Waals surface area contributed by atoms with Crippen molar-refractivity contribution in [3.05, 3.63) is 40.4 Å². The number of hydrogen-bond donors (Lipinski definition) is 1. The molecule has 0 bridgehead atoms. The van der Waals surface area contributed by atoms with Gasteiger partial charge in [0.15, 0.2) is 0 Å². The Labute approximate surface area is 144 Å². The van der Waals surface area contributed by atoms with Crippen molar-refractivity contribution in [1.29, 1.82) is 0 Å². The van der Waals surface area contributed by atoms with Crippen LogP contribution in [0, 0.1) is 20.8 Å². The van der Waals surface area contributed by atoms with Crippen LogP contribution in [-0.4, -0.2) is 27.1 Å². The van der Waals surface area contributed by atoms with Gasteiger partial charge in [-0.25, -0.2) is 4.52 Å². The first-order valence-corrected chi connectivity index (χ1v) is 8.66. The molecule has 6 nitrogen and oxygen atoms in total. The number of benzene rings is 1. The topological polar surface area (TPSA) is 68.5 Å². The summed E-state index contributed by atoms with van der Waals surface area (Å²) in [6.45, 7) is 6.55. The standard InChI is InChI=1S/C17H20N4O2S/c1-11-6-8-14(9-7-11)23-10-4-5-15(22)18-16-19-17-21(20-16)12(2)13(3)24-17/h6-9H,4-5,10H2,1-3H3,(H,18,20,22). The van der Waals surface area contributed by atoms with Crippen molar-refractivity contribution < 1.29 is 9.53 Å². The number of fused-ring (bicyclic) bond motifs is 1. The Balaban J connectivity index is 1.45. The molecule has 24 heavy (non-hydrogen) atoms. The molecular weight excluding hydrogens is 324 g/mol. The fraction of sp³-hybridized carbons (Fsp3) is 0.353. The molecule has 3 rings (SSSR count). The van der Waals surface area contributed by atoms with Crippen LogP contribution in [0.5, 0.6) is 5.75 Å². The Kier molecular flexibility index (Phi) is 4.80. The Hall–Kier alpha value is -2.41. The first-order chi connectivity index (χ1) is 11.5. The van der Waals surface area contributed by atoms with E-state index in [0.29, 0.717) is 25.4 Å². The van der Waals surface area contributed by atoms with Crippen LogP contribution in [0.3, 0.4) is 0 Å². The van der Waals surface area contributed by atoms with Gasteiger partial charge in [0.1, 0.15) is 5.75 Å². The van der Waals surface area contributed by atoms with E-state index in [1.54, 1.807) is 15.9 Å². The first-order valence-electron chi connectivity index (χ1n) is 7.85. The molecule has 0 aliphatic heterocycles. The van der Waals surface area contributed by atoms with E-state index in [-0.39, 0.29) is 5.91 Å². The molecule has 0 aliphatic carbocycles. The zero-order valence-corrected chi connectivity index (χ0v) is 14.8. The number of anilines is 1. The van der Waals surface area contributed by atoms with Crippen molar-refractivity contribution >= 4 is 28.2 Å². The number of nitrogens with one attached hydrogen (secondary N) is 1. The molecule has 0 saturated heterocycles. The van der Waals surface area contributed by atoms with Gasteiger partial charge in [-0.2, -0.15) is 4.98 Å². The fourth-order valence-corrected chi connectivity index (χ4v) is 3.14. The van der Waals surface area contributed by atoms with Crippen molar-refractivity contribution in [3.8, 4) is 5.75 Å². The summed E-state index contributed by atoms with van der Waals surface area (Å²) in [4.78, 5) is 18.3. The molecular formula is C17H20N4O2S. The molecule has 7 heteroatoms. The molecule has 0 fully saturated rings. The summed E-state index contributed by atoms with van der Waals surface area (Å²) in [6.07, 6.45) is 1.01. The number of carbonyl (C=O) groups excluding carboxylic acids is 1. The third kappa shape index (κ3) is 3.73. The minimum Gasteiger partial charge on any atom is -0.494 e. The third-order valence-electron chi connectivity index (χ3n) is 3.74. The molecule has 2 heterocycles. The number of aromatic nitrogens is 3. The second-order valence-corrected chi connectivity index (χ2v) is 6.87. The number of nitrogens with zero attached hydrogens (tertiary/aromatic N) is 3. The van der Waals surface area contributed by atoms with E-state index < -0.39 is 0 Å². The quantitative estimate of drug-likeness (QED) is 0.695. The van der Waals surface area contributed by atoms with Gasteiger partial charge in [0.25, 0.3) is 0 Å². The van der Waals surface area contributed by atoms with Gasteiger partial charge in [-0.1, -0.05) is 29.0 Å². The summed E-state index contributed by atoms with van der Waals surface area (Å²) in [5, 5.41) is 7.05. The lowest BCUT2D eigenvalue weighted by atomic mass is 10.2. The Morgan fingerprint density at radius 2 is 2.00 bits per heavy atom. The Morgan fingerprint density at radius 3 is 2.71 bits per heavy atom. The van der Waals surface area contributed by atoms with Gasteiger partial charge in [-0.15, -0.1) is 5.10 Å². The normalized spacial score (nSPS) is 11.0. The minimum atomic E-state index is -0.102. The number of carbonyl (C=O) groups is 1. The number of rotatable bonds is 6. The summed E-state index contributed by atoms with van der Waals surface area (Å²) in [7, 11) is 0. The van der Waals surface area contributed by atoms with Crippen molar-refractivity contribution in [2.75, 3.05) is 11.9 Å². The predicted octanol–water partition coefficient (Wildman–Crippen LogP) is 3.51. The number of aryl methyl sites for hydroxylation is 3. The van der Waals surface area contributed by atoms with Crippen molar-refractivity contribution in [3.63, 3.8) is 0 Å². The minimum absolute atomic E-state index is 0.102. The highest BCUT2D eigenvalue weighted by Gasteiger charge is 2.12. The fourth-order valence-electron chi connectivity index (χ4n) is 2.24. The van der Waals surface area contributed by atoms with E-state index in [1.165, 1.54) is 10.4 Å². The van der Waals surface area contributed by atoms with Crippen LogP contribution in [0.15, 0.2) is 24.3 Å². The number of thiazole rings is 1. The summed E-state index contributed by atoms with van der Waals surface area (Å²) in [6, 6.07) is 7.87. The lowest BCUT2D eigenvalue weighted by Crippen LogP contribution is -2.14. The van der Waals surface area contributed by atoms with Gasteiger partial charge in [0.05, 0.1) is 12.3 Å². The molecule has 1 aromatic carbocycles. The van der Waals surface area contributed by atoms with Crippen LogP contribution in [0.25, 0.3) is 4.96 Å². The molecule has 126 valence electrons. The third-order valence-corrected chi connectivity index (χ3v) is 4.79. The summed E-state index contributed by atoms with van der Waals surface area (Å²) >= 11 is 1.56. The highest BCUT2D eigenvalue weighted by atomic mass is 32.1. The van der Waals surface area contributed by atoms with E-state index in [0.717, 1.165) is 16.4 Å². The van der Waals surface area contributed by atoms with Crippen molar-refractivity contribution in [2.24, 2.45) is 0 Å². The van der Waals surface area contributed by atoms with Crippen LogP contribution in [0.4, 0.5) is 5.95 Å².